The lowest BCUT2D eigenvalue weighted by molar-refractivity contribution is -0.385. The molecule has 1 N–H and O–H groups in total. The standard InChI is InChI=1S/C13H22N4O3/c1-2-13(18)12-5-3-4-6-15(12)7-8-16-10-11(9-14-16)17(19)20/h9-10,12-13,18H,2-8H2,1H3. The fourth-order valence-electron chi connectivity index (χ4n) is 2.80. The third-order valence-electron chi connectivity index (χ3n) is 3.97. The molecule has 20 heavy (non-hydrogen) atoms. The number of nitro groups is 1. The maximum absolute atomic E-state index is 10.6. The minimum absolute atomic E-state index is 0.0220. The van der Waals surface area contributed by atoms with Crippen LogP contribution in [0.1, 0.15) is 32.6 Å². The summed E-state index contributed by atoms with van der Waals surface area (Å²) in [5.74, 6) is 0. The molecule has 1 saturated heterocycles. The van der Waals surface area contributed by atoms with Crippen molar-refractivity contribution in [1.82, 2.24) is 14.7 Å². The van der Waals surface area contributed by atoms with Gasteiger partial charge in [-0.25, -0.2) is 0 Å². The second-order valence-corrected chi connectivity index (χ2v) is 5.29. The number of likely N-dealkylation sites (tertiary alicyclic amines) is 1. The fourth-order valence-corrected chi connectivity index (χ4v) is 2.80. The van der Waals surface area contributed by atoms with Gasteiger partial charge in [0, 0.05) is 12.6 Å². The highest BCUT2D eigenvalue weighted by Gasteiger charge is 2.27. The van der Waals surface area contributed by atoms with Crippen LogP contribution in [0.2, 0.25) is 0 Å². The van der Waals surface area contributed by atoms with E-state index < -0.39 is 4.92 Å². The summed E-state index contributed by atoms with van der Waals surface area (Å²) in [7, 11) is 0. The lowest BCUT2D eigenvalue weighted by atomic mass is 9.96. The van der Waals surface area contributed by atoms with E-state index in [1.54, 1.807) is 4.68 Å². The first kappa shape index (κ1) is 14.9. The van der Waals surface area contributed by atoms with Crippen LogP contribution in [0.3, 0.4) is 0 Å². The number of rotatable bonds is 6. The lowest BCUT2D eigenvalue weighted by Crippen LogP contribution is -2.47. The van der Waals surface area contributed by atoms with E-state index in [1.807, 2.05) is 6.92 Å². The van der Waals surface area contributed by atoms with Crippen molar-refractivity contribution in [3.8, 4) is 0 Å². The van der Waals surface area contributed by atoms with E-state index in [2.05, 4.69) is 10.00 Å². The van der Waals surface area contributed by atoms with Crippen LogP contribution in [0.25, 0.3) is 0 Å². The van der Waals surface area contributed by atoms with Gasteiger partial charge in [0.25, 0.3) is 0 Å². The SMILES string of the molecule is CCC(O)C1CCCCN1CCn1cc([N+](=O)[O-])cn1. The number of aliphatic hydroxyl groups excluding tert-OH is 1. The predicted molar refractivity (Wildman–Crippen MR) is 74.4 cm³/mol. The summed E-state index contributed by atoms with van der Waals surface area (Å²) < 4.78 is 1.60. The first-order chi connectivity index (χ1) is 9.61. The Labute approximate surface area is 118 Å². The van der Waals surface area contributed by atoms with Gasteiger partial charge in [-0.15, -0.1) is 0 Å². The van der Waals surface area contributed by atoms with Crippen LogP contribution in [0.4, 0.5) is 5.69 Å². The van der Waals surface area contributed by atoms with E-state index in [4.69, 9.17) is 0 Å². The van der Waals surface area contributed by atoms with Crippen LogP contribution in [0, 0.1) is 10.1 Å². The molecule has 0 bridgehead atoms. The molecule has 0 spiro atoms. The van der Waals surface area contributed by atoms with Crippen LogP contribution in [-0.4, -0.2) is 49.9 Å². The number of aromatic nitrogens is 2. The Morgan fingerprint density at radius 2 is 2.35 bits per heavy atom. The minimum Gasteiger partial charge on any atom is -0.392 e. The number of hydrogen-bond acceptors (Lipinski definition) is 5. The molecule has 1 aliphatic rings. The second kappa shape index (κ2) is 6.81. The summed E-state index contributed by atoms with van der Waals surface area (Å²) in [4.78, 5) is 12.5. The Balaban J connectivity index is 1.91. The number of piperidine rings is 1. The predicted octanol–water partition coefficient (Wildman–Crippen LogP) is 1.42. The Kier molecular flexibility index (Phi) is 5.08. The average Bonchev–Trinajstić information content (AvgIpc) is 2.93. The van der Waals surface area contributed by atoms with Crippen LogP contribution in [0.15, 0.2) is 12.4 Å². The van der Waals surface area contributed by atoms with E-state index >= 15 is 0 Å². The van der Waals surface area contributed by atoms with Gasteiger partial charge in [-0.1, -0.05) is 13.3 Å². The molecular weight excluding hydrogens is 260 g/mol. The van der Waals surface area contributed by atoms with Gasteiger partial charge in [-0.2, -0.15) is 5.10 Å². The normalized spacial score (nSPS) is 21.8. The Bertz CT molecular complexity index is 449. The molecule has 1 aromatic heterocycles. The third kappa shape index (κ3) is 3.55. The van der Waals surface area contributed by atoms with Crippen LogP contribution >= 0.6 is 0 Å². The molecule has 2 unspecified atom stereocenters. The molecular formula is C13H22N4O3. The molecule has 112 valence electrons. The van der Waals surface area contributed by atoms with Crippen molar-refractivity contribution in [3.63, 3.8) is 0 Å². The van der Waals surface area contributed by atoms with E-state index in [0.717, 1.165) is 38.8 Å². The number of hydrogen-bond donors (Lipinski definition) is 1. The molecule has 0 radical (unpaired) electrons. The maximum atomic E-state index is 10.6. The molecule has 1 aliphatic heterocycles. The van der Waals surface area contributed by atoms with Crippen molar-refractivity contribution in [2.24, 2.45) is 0 Å². The molecule has 2 atom stereocenters. The highest BCUT2D eigenvalue weighted by Crippen LogP contribution is 2.21. The first-order valence-electron chi connectivity index (χ1n) is 7.20. The quantitative estimate of drug-likeness (QED) is 0.630. The van der Waals surface area contributed by atoms with Crippen molar-refractivity contribution < 1.29 is 10.0 Å². The summed E-state index contributed by atoms with van der Waals surface area (Å²) in [5, 5.41) is 24.7. The fraction of sp³-hybridized carbons (Fsp3) is 0.769. The maximum Gasteiger partial charge on any atom is 0.306 e. The van der Waals surface area contributed by atoms with Crippen molar-refractivity contribution in [2.75, 3.05) is 13.1 Å². The minimum atomic E-state index is -0.436. The van der Waals surface area contributed by atoms with Crippen molar-refractivity contribution in [2.45, 2.75) is 51.3 Å². The smallest absolute Gasteiger partial charge is 0.306 e. The summed E-state index contributed by atoms with van der Waals surface area (Å²) >= 11 is 0. The molecule has 2 heterocycles. The monoisotopic (exact) mass is 282 g/mol. The highest BCUT2D eigenvalue weighted by atomic mass is 16.6. The summed E-state index contributed by atoms with van der Waals surface area (Å²) in [6.45, 7) is 4.35. The molecule has 7 nitrogen and oxygen atoms in total. The molecule has 1 aromatic rings. The van der Waals surface area contributed by atoms with Gasteiger partial charge in [0.15, 0.2) is 0 Å². The molecule has 1 fully saturated rings. The van der Waals surface area contributed by atoms with Gasteiger partial charge in [-0.3, -0.25) is 19.7 Å². The Hall–Kier alpha value is -1.47. The molecule has 0 saturated carbocycles. The van der Waals surface area contributed by atoms with Crippen molar-refractivity contribution in [1.29, 1.82) is 0 Å². The van der Waals surface area contributed by atoms with Crippen LogP contribution < -0.4 is 0 Å². The second-order valence-electron chi connectivity index (χ2n) is 5.29. The van der Waals surface area contributed by atoms with Crippen molar-refractivity contribution >= 4 is 5.69 Å². The molecule has 0 aliphatic carbocycles. The zero-order valence-corrected chi connectivity index (χ0v) is 11.8. The van der Waals surface area contributed by atoms with E-state index in [9.17, 15) is 15.2 Å². The van der Waals surface area contributed by atoms with Crippen LogP contribution in [-0.2, 0) is 6.54 Å². The zero-order valence-electron chi connectivity index (χ0n) is 11.8. The molecule has 0 amide bonds. The Morgan fingerprint density at radius 1 is 1.55 bits per heavy atom. The summed E-state index contributed by atoms with van der Waals surface area (Å²) in [5.41, 5.74) is 0.0220. The van der Waals surface area contributed by atoms with Gasteiger partial charge in [0.05, 0.1) is 17.6 Å². The highest BCUT2D eigenvalue weighted by molar-refractivity contribution is 5.20. The zero-order chi connectivity index (χ0) is 14.5. The largest absolute Gasteiger partial charge is 0.392 e. The molecule has 7 heteroatoms. The average molecular weight is 282 g/mol. The van der Waals surface area contributed by atoms with Gasteiger partial charge < -0.3 is 5.11 Å². The van der Waals surface area contributed by atoms with Gasteiger partial charge in [0.1, 0.15) is 12.4 Å². The van der Waals surface area contributed by atoms with Gasteiger partial charge >= 0.3 is 5.69 Å². The first-order valence-corrected chi connectivity index (χ1v) is 7.20. The van der Waals surface area contributed by atoms with E-state index in [-0.39, 0.29) is 17.8 Å². The lowest BCUT2D eigenvalue weighted by Gasteiger charge is -2.38. The van der Waals surface area contributed by atoms with Gasteiger partial charge in [0.2, 0.25) is 0 Å². The van der Waals surface area contributed by atoms with Crippen LogP contribution in [0.5, 0.6) is 0 Å². The number of aliphatic hydroxyl groups is 1. The molecule has 2 rings (SSSR count). The van der Waals surface area contributed by atoms with Gasteiger partial charge in [-0.05, 0) is 25.8 Å². The summed E-state index contributed by atoms with van der Waals surface area (Å²) in [6.07, 6.45) is 6.52. The van der Waals surface area contributed by atoms with E-state index in [1.165, 1.54) is 12.4 Å². The third-order valence-corrected chi connectivity index (χ3v) is 3.97. The molecule has 0 aromatic carbocycles. The number of nitrogens with zero attached hydrogens (tertiary/aromatic N) is 4. The summed E-state index contributed by atoms with van der Waals surface area (Å²) in [6, 6.07) is 0.208. The van der Waals surface area contributed by atoms with E-state index in [0.29, 0.717) is 6.54 Å². The Morgan fingerprint density at radius 3 is 3.00 bits per heavy atom. The van der Waals surface area contributed by atoms with Crippen molar-refractivity contribution in [3.05, 3.63) is 22.5 Å². The topological polar surface area (TPSA) is 84.4 Å².